The molecule has 0 atom stereocenters. The van der Waals surface area contributed by atoms with Gasteiger partial charge in [-0.25, -0.2) is 9.97 Å². The van der Waals surface area contributed by atoms with Gasteiger partial charge in [0.2, 0.25) is 0 Å². The van der Waals surface area contributed by atoms with E-state index < -0.39 is 0 Å². The molecule has 0 saturated carbocycles. The van der Waals surface area contributed by atoms with Gasteiger partial charge in [-0.3, -0.25) is 0 Å². The zero-order valence-electron chi connectivity index (χ0n) is 9.48. The number of hydrogen-bond acceptors (Lipinski definition) is 5. The second-order valence-corrected chi connectivity index (χ2v) is 4.99. The first-order chi connectivity index (χ1) is 7.69. The zero-order valence-corrected chi connectivity index (χ0v) is 11.1. The average molecular weight is 259 g/mol. The number of piperazine rings is 1. The van der Waals surface area contributed by atoms with Crippen LogP contribution >= 0.6 is 23.4 Å². The summed E-state index contributed by atoms with van der Waals surface area (Å²) in [5.41, 5.74) is 0. The number of rotatable bonds is 2. The Hall–Kier alpha value is -0.520. The Balaban J connectivity index is 2.16. The fourth-order valence-electron chi connectivity index (χ4n) is 1.67. The SMILES string of the molecule is CSc1nc(Cl)cc(N2CCN(C)CC2)n1. The van der Waals surface area contributed by atoms with Gasteiger partial charge >= 0.3 is 0 Å². The van der Waals surface area contributed by atoms with Crippen molar-refractivity contribution < 1.29 is 0 Å². The molecule has 1 aliphatic heterocycles. The highest BCUT2D eigenvalue weighted by molar-refractivity contribution is 7.98. The van der Waals surface area contributed by atoms with Crippen LogP contribution in [0.25, 0.3) is 0 Å². The smallest absolute Gasteiger partial charge is 0.190 e. The Morgan fingerprint density at radius 3 is 2.56 bits per heavy atom. The zero-order chi connectivity index (χ0) is 11.5. The normalized spacial score (nSPS) is 17.8. The van der Waals surface area contributed by atoms with E-state index in [4.69, 9.17) is 11.6 Å². The Morgan fingerprint density at radius 2 is 1.94 bits per heavy atom. The van der Waals surface area contributed by atoms with Crippen LogP contribution in [0.3, 0.4) is 0 Å². The Labute approximate surface area is 105 Å². The van der Waals surface area contributed by atoms with Crippen molar-refractivity contribution in [3.05, 3.63) is 11.2 Å². The molecule has 0 bridgehead atoms. The van der Waals surface area contributed by atoms with Crippen molar-refractivity contribution in [1.82, 2.24) is 14.9 Å². The first-order valence-corrected chi connectivity index (χ1v) is 6.81. The van der Waals surface area contributed by atoms with Crippen molar-refractivity contribution in [2.45, 2.75) is 5.16 Å². The van der Waals surface area contributed by atoms with Crippen molar-refractivity contribution in [3.8, 4) is 0 Å². The number of aromatic nitrogens is 2. The highest BCUT2D eigenvalue weighted by Crippen LogP contribution is 2.21. The van der Waals surface area contributed by atoms with Crippen molar-refractivity contribution >= 4 is 29.2 Å². The summed E-state index contributed by atoms with van der Waals surface area (Å²) in [5, 5.41) is 1.26. The molecule has 0 unspecified atom stereocenters. The van der Waals surface area contributed by atoms with Gasteiger partial charge < -0.3 is 9.80 Å². The Morgan fingerprint density at radius 1 is 1.25 bits per heavy atom. The molecule has 0 aromatic carbocycles. The highest BCUT2D eigenvalue weighted by atomic mass is 35.5. The number of halogens is 1. The van der Waals surface area contributed by atoms with E-state index in [1.165, 1.54) is 11.8 Å². The molecule has 1 saturated heterocycles. The van der Waals surface area contributed by atoms with Crippen molar-refractivity contribution in [2.75, 3.05) is 44.4 Å². The van der Waals surface area contributed by atoms with Gasteiger partial charge in [-0.15, -0.1) is 0 Å². The molecule has 0 spiro atoms. The molecule has 0 N–H and O–H groups in total. The van der Waals surface area contributed by atoms with Crippen LogP contribution in [0.15, 0.2) is 11.2 Å². The quantitative estimate of drug-likeness (QED) is 0.457. The summed E-state index contributed by atoms with van der Waals surface area (Å²) in [7, 11) is 2.14. The number of anilines is 1. The molecule has 1 aromatic heterocycles. The third kappa shape index (κ3) is 2.78. The van der Waals surface area contributed by atoms with Gasteiger partial charge in [0.1, 0.15) is 11.0 Å². The van der Waals surface area contributed by atoms with Gasteiger partial charge in [0, 0.05) is 32.2 Å². The third-order valence-electron chi connectivity index (χ3n) is 2.67. The summed E-state index contributed by atoms with van der Waals surface area (Å²) in [6.45, 7) is 4.13. The first kappa shape index (κ1) is 12.0. The van der Waals surface area contributed by atoms with E-state index in [0.29, 0.717) is 5.15 Å². The topological polar surface area (TPSA) is 32.3 Å². The maximum atomic E-state index is 5.98. The Kier molecular flexibility index (Phi) is 3.89. The standard InChI is InChI=1S/C10H15ClN4S/c1-14-3-5-15(6-4-14)9-7-8(11)12-10(13-9)16-2/h7H,3-6H2,1-2H3. The average Bonchev–Trinajstić information content (AvgIpc) is 2.29. The van der Waals surface area contributed by atoms with E-state index in [1.807, 2.05) is 12.3 Å². The number of thioether (sulfide) groups is 1. The van der Waals surface area contributed by atoms with Gasteiger partial charge in [-0.05, 0) is 13.3 Å². The minimum Gasteiger partial charge on any atom is -0.354 e. The van der Waals surface area contributed by atoms with Crippen LogP contribution in [0.1, 0.15) is 0 Å². The molecule has 2 rings (SSSR count). The molecule has 16 heavy (non-hydrogen) atoms. The molecule has 2 heterocycles. The monoisotopic (exact) mass is 258 g/mol. The van der Waals surface area contributed by atoms with Crippen molar-refractivity contribution in [2.24, 2.45) is 0 Å². The molecule has 1 fully saturated rings. The lowest BCUT2D eigenvalue weighted by Crippen LogP contribution is -2.44. The number of likely N-dealkylation sites (N-methyl/N-ethyl adjacent to an activating group) is 1. The van der Waals surface area contributed by atoms with Crippen LogP contribution in [-0.2, 0) is 0 Å². The van der Waals surface area contributed by atoms with E-state index in [-0.39, 0.29) is 0 Å². The van der Waals surface area contributed by atoms with Crippen LogP contribution in [0.4, 0.5) is 5.82 Å². The molecular formula is C10H15ClN4S. The molecule has 0 radical (unpaired) electrons. The van der Waals surface area contributed by atoms with Crippen molar-refractivity contribution in [3.63, 3.8) is 0 Å². The van der Waals surface area contributed by atoms with Gasteiger partial charge in [0.25, 0.3) is 0 Å². The summed E-state index contributed by atoms with van der Waals surface area (Å²) in [6.07, 6.45) is 1.96. The predicted molar refractivity (Wildman–Crippen MR) is 68.5 cm³/mol. The van der Waals surface area contributed by atoms with Crippen LogP contribution in [0.5, 0.6) is 0 Å². The number of hydrogen-bond donors (Lipinski definition) is 0. The fraction of sp³-hybridized carbons (Fsp3) is 0.600. The van der Waals surface area contributed by atoms with E-state index in [1.54, 1.807) is 0 Å². The van der Waals surface area contributed by atoms with E-state index in [9.17, 15) is 0 Å². The van der Waals surface area contributed by atoms with Gasteiger partial charge in [0.15, 0.2) is 5.16 Å². The molecular weight excluding hydrogens is 244 g/mol. The first-order valence-electron chi connectivity index (χ1n) is 5.21. The van der Waals surface area contributed by atoms with E-state index in [0.717, 1.165) is 37.2 Å². The maximum absolute atomic E-state index is 5.98. The summed E-state index contributed by atoms with van der Waals surface area (Å²) < 4.78 is 0. The van der Waals surface area contributed by atoms with Crippen molar-refractivity contribution in [1.29, 1.82) is 0 Å². The van der Waals surface area contributed by atoms with Gasteiger partial charge in [-0.1, -0.05) is 23.4 Å². The van der Waals surface area contributed by atoms with Gasteiger partial charge in [0.05, 0.1) is 0 Å². The highest BCUT2D eigenvalue weighted by Gasteiger charge is 2.16. The molecule has 0 amide bonds. The lowest BCUT2D eigenvalue weighted by Gasteiger charge is -2.33. The summed E-state index contributed by atoms with van der Waals surface area (Å²) in [6, 6.07) is 1.84. The minimum absolute atomic E-state index is 0.522. The maximum Gasteiger partial charge on any atom is 0.190 e. The second kappa shape index (κ2) is 5.21. The molecule has 1 aromatic rings. The van der Waals surface area contributed by atoms with Crippen LogP contribution < -0.4 is 4.90 Å². The Bertz CT molecular complexity index is 366. The van der Waals surface area contributed by atoms with Crippen LogP contribution in [0.2, 0.25) is 5.15 Å². The summed E-state index contributed by atoms with van der Waals surface area (Å²) in [5.74, 6) is 0.942. The third-order valence-corrected chi connectivity index (χ3v) is 3.41. The predicted octanol–water partition coefficient (Wildman–Crippen LogP) is 1.60. The lowest BCUT2D eigenvalue weighted by atomic mass is 10.3. The van der Waals surface area contributed by atoms with E-state index in [2.05, 4.69) is 26.8 Å². The fourth-order valence-corrected chi connectivity index (χ4v) is 2.28. The van der Waals surface area contributed by atoms with Crippen LogP contribution in [-0.4, -0.2) is 54.4 Å². The molecule has 88 valence electrons. The number of nitrogens with zero attached hydrogens (tertiary/aromatic N) is 4. The molecule has 4 nitrogen and oxygen atoms in total. The summed E-state index contributed by atoms with van der Waals surface area (Å²) >= 11 is 7.49. The largest absolute Gasteiger partial charge is 0.354 e. The van der Waals surface area contributed by atoms with Crippen LogP contribution in [0, 0.1) is 0 Å². The lowest BCUT2D eigenvalue weighted by molar-refractivity contribution is 0.312. The molecule has 1 aliphatic rings. The molecule has 0 aliphatic carbocycles. The second-order valence-electron chi connectivity index (χ2n) is 3.83. The minimum atomic E-state index is 0.522. The van der Waals surface area contributed by atoms with E-state index >= 15 is 0 Å². The summed E-state index contributed by atoms with van der Waals surface area (Å²) in [4.78, 5) is 13.2. The molecule has 6 heteroatoms. The van der Waals surface area contributed by atoms with Gasteiger partial charge in [-0.2, -0.15) is 0 Å².